The van der Waals surface area contributed by atoms with E-state index in [2.05, 4.69) is 37.2 Å². The Hall–Kier alpha value is -0.920. The Morgan fingerprint density at radius 2 is 2.06 bits per heavy atom. The predicted octanol–water partition coefficient (Wildman–Crippen LogP) is 4.25. The van der Waals surface area contributed by atoms with E-state index >= 15 is 0 Å². The van der Waals surface area contributed by atoms with Crippen LogP contribution in [0.4, 0.5) is 15.8 Å². The van der Waals surface area contributed by atoms with Crippen LogP contribution in [0.2, 0.25) is 0 Å². The molecule has 3 N–H and O–H groups in total. The number of carbonyl (C=O) groups is 1. The number of rotatable bonds is 2. The van der Waals surface area contributed by atoms with Gasteiger partial charge in [-0.05, 0) is 56.1 Å². The third-order valence-electron chi connectivity index (χ3n) is 2.14. The first-order valence-corrected chi connectivity index (χ1v) is 7.19. The van der Waals surface area contributed by atoms with Gasteiger partial charge in [0.2, 0.25) is 0 Å². The van der Waals surface area contributed by atoms with Crippen molar-refractivity contribution in [2.75, 3.05) is 11.1 Å². The maximum absolute atomic E-state index is 13.5. The van der Waals surface area contributed by atoms with Crippen LogP contribution in [0.3, 0.4) is 0 Å². The van der Waals surface area contributed by atoms with E-state index in [1.54, 1.807) is 6.07 Å². The van der Waals surface area contributed by atoms with E-state index in [0.29, 0.717) is 15.0 Å². The van der Waals surface area contributed by atoms with Gasteiger partial charge in [-0.1, -0.05) is 0 Å². The van der Waals surface area contributed by atoms with Gasteiger partial charge in [-0.25, -0.2) is 4.39 Å². The van der Waals surface area contributed by atoms with Crippen molar-refractivity contribution in [1.29, 1.82) is 0 Å². The van der Waals surface area contributed by atoms with Crippen molar-refractivity contribution in [3.63, 3.8) is 0 Å². The minimum atomic E-state index is -0.561. The van der Waals surface area contributed by atoms with Gasteiger partial charge in [0.05, 0.1) is 18.8 Å². The first kappa shape index (κ1) is 13.5. The Bertz CT molecular complexity index is 615. The highest BCUT2D eigenvalue weighted by molar-refractivity contribution is 9.12. The van der Waals surface area contributed by atoms with Crippen LogP contribution < -0.4 is 11.1 Å². The second-order valence-electron chi connectivity index (χ2n) is 3.43. The highest BCUT2D eigenvalue weighted by atomic mass is 79.9. The fourth-order valence-corrected chi connectivity index (χ4v) is 4.11. The van der Waals surface area contributed by atoms with Gasteiger partial charge < -0.3 is 11.1 Å². The SMILES string of the molecule is Nc1ccc(NC(=O)c2cc(Br)sc2Br)c(F)c1. The lowest BCUT2D eigenvalue weighted by atomic mass is 10.2. The molecule has 0 atom stereocenters. The number of benzene rings is 1. The normalized spacial score (nSPS) is 10.4. The van der Waals surface area contributed by atoms with E-state index in [0.717, 1.165) is 9.85 Å². The summed E-state index contributed by atoms with van der Waals surface area (Å²) in [6, 6.07) is 5.78. The van der Waals surface area contributed by atoms with Crippen molar-refractivity contribution >= 4 is 60.5 Å². The highest BCUT2D eigenvalue weighted by Gasteiger charge is 2.15. The number of halogens is 3. The molecule has 0 fully saturated rings. The number of carbonyl (C=O) groups excluding carboxylic acids is 1. The van der Waals surface area contributed by atoms with Gasteiger partial charge in [0, 0.05) is 5.69 Å². The van der Waals surface area contributed by atoms with Crippen LogP contribution in [0.15, 0.2) is 31.8 Å². The van der Waals surface area contributed by atoms with Crippen LogP contribution in [-0.4, -0.2) is 5.91 Å². The Labute approximate surface area is 123 Å². The van der Waals surface area contributed by atoms with Gasteiger partial charge in [0.1, 0.15) is 5.82 Å². The first-order valence-electron chi connectivity index (χ1n) is 4.78. The molecule has 18 heavy (non-hydrogen) atoms. The van der Waals surface area contributed by atoms with Crippen LogP contribution in [0.1, 0.15) is 10.4 Å². The Morgan fingerprint density at radius 3 is 2.61 bits per heavy atom. The maximum Gasteiger partial charge on any atom is 0.257 e. The van der Waals surface area contributed by atoms with Crippen molar-refractivity contribution in [3.8, 4) is 0 Å². The summed E-state index contributed by atoms with van der Waals surface area (Å²) in [6.45, 7) is 0. The molecule has 0 saturated carbocycles. The van der Waals surface area contributed by atoms with E-state index in [1.807, 2.05) is 0 Å². The molecule has 1 amide bonds. The number of amides is 1. The summed E-state index contributed by atoms with van der Waals surface area (Å²) in [5.41, 5.74) is 6.29. The minimum Gasteiger partial charge on any atom is -0.399 e. The van der Waals surface area contributed by atoms with E-state index in [9.17, 15) is 9.18 Å². The predicted molar refractivity (Wildman–Crippen MR) is 78.5 cm³/mol. The molecule has 0 aliphatic heterocycles. The molecule has 3 nitrogen and oxygen atoms in total. The number of hydrogen-bond donors (Lipinski definition) is 2. The lowest BCUT2D eigenvalue weighted by Crippen LogP contribution is -2.12. The van der Waals surface area contributed by atoms with Crippen molar-refractivity contribution in [1.82, 2.24) is 0 Å². The molecule has 2 rings (SSSR count). The van der Waals surface area contributed by atoms with E-state index in [1.165, 1.54) is 23.5 Å². The van der Waals surface area contributed by atoms with Crippen LogP contribution >= 0.6 is 43.2 Å². The lowest BCUT2D eigenvalue weighted by Gasteiger charge is -2.06. The Balaban J connectivity index is 2.24. The third kappa shape index (κ3) is 2.90. The maximum atomic E-state index is 13.5. The number of hydrogen-bond acceptors (Lipinski definition) is 3. The largest absolute Gasteiger partial charge is 0.399 e. The van der Waals surface area contributed by atoms with E-state index in [-0.39, 0.29) is 11.6 Å². The minimum absolute atomic E-state index is 0.100. The number of anilines is 2. The summed E-state index contributed by atoms with van der Waals surface area (Å²) in [5, 5.41) is 2.49. The molecule has 0 unspecified atom stereocenters. The second kappa shape index (κ2) is 5.38. The quantitative estimate of drug-likeness (QED) is 0.749. The molecule has 94 valence electrons. The van der Waals surface area contributed by atoms with Gasteiger partial charge in [0.25, 0.3) is 5.91 Å². The van der Waals surface area contributed by atoms with Gasteiger partial charge in [-0.15, -0.1) is 11.3 Å². The fourth-order valence-electron chi connectivity index (χ4n) is 1.32. The molecule has 0 aliphatic rings. The summed E-state index contributed by atoms with van der Waals surface area (Å²) < 4.78 is 15.0. The van der Waals surface area contributed by atoms with Crippen molar-refractivity contribution in [2.45, 2.75) is 0 Å². The molecule has 0 spiro atoms. The molecule has 1 aromatic carbocycles. The molecule has 1 heterocycles. The third-order valence-corrected chi connectivity index (χ3v) is 4.48. The molecular weight excluding hydrogens is 387 g/mol. The summed E-state index contributed by atoms with van der Waals surface area (Å²) in [4.78, 5) is 11.9. The monoisotopic (exact) mass is 392 g/mol. The summed E-state index contributed by atoms with van der Waals surface area (Å²) in [6.07, 6.45) is 0. The number of thiophene rings is 1. The van der Waals surface area contributed by atoms with Gasteiger partial charge in [-0.3, -0.25) is 4.79 Å². The second-order valence-corrected chi connectivity index (χ2v) is 7.18. The standard InChI is InChI=1S/C11H7Br2FN2OS/c12-9-4-6(10(13)18-9)11(17)16-8-2-1-5(15)3-7(8)14/h1-4H,15H2,(H,16,17). The molecule has 0 radical (unpaired) electrons. The molecule has 7 heteroatoms. The van der Waals surface area contributed by atoms with Crippen LogP contribution in [0.25, 0.3) is 0 Å². The summed E-state index contributed by atoms with van der Waals surface area (Å²) in [5.74, 6) is -0.943. The average molecular weight is 394 g/mol. The van der Waals surface area contributed by atoms with Gasteiger partial charge >= 0.3 is 0 Å². The molecule has 0 aliphatic carbocycles. The zero-order valence-corrected chi connectivity index (χ0v) is 12.8. The summed E-state index contributed by atoms with van der Waals surface area (Å²) in [7, 11) is 0. The Kier molecular flexibility index (Phi) is 4.04. The highest BCUT2D eigenvalue weighted by Crippen LogP contribution is 2.32. The zero-order chi connectivity index (χ0) is 13.3. The molecule has 1 aromatic heterocycles. The van der Waals surface area contributed by atoms with Crippen LogP contribution in [0, 0.1) is 5.82 Å². The van der Waals surface area contributed by atoms with Crippen LogP contribution in [0.5, 0.6) is 0 Å². The molecule has 0 bridgehead atoms. The average Bonchev–Trinajstić information content (AvgIpc) is 2.62. The van der Waals surface area contributed by atoms with E-state index in [4.69, 9.17) is 5.73 Å². The summed E-state index contributed by atoms with van der Waals surface area (Å²) >= 11 is 7.93. The molecule has 2 aromatic rings. The number of nitrogens with one attached hydrogen (secondary N) is 1. The van der Waals surface area contributed by atoms with Crippen molar-refractivity contribution in [3.05, 3.63) is 43.2 Å². The first-order chi connectivity index (χ1) is 8.47. The number of nitrogen functional groups attached to an aromatic ring is 1. The van der Waals surface area contributed by atoms with Crippen molar-refractivity contribution < 1.29 is 9.18 Å². The van der Waals surface area contributed by atoms with E-state index < -0.39 is 5.82 Å². The molecule has 0 saturated heterocycles. The lowest BCUT2D eigenvalue weighted by molar-refractivity contribution is 0.102. The zero-order valence-electron chi connectivity index (χ0n) is 8.84. The molecular formula is C11H7Br2FN2OS. The smallest absolute Gasteiger partial charge is 0.257 e. The van der Waals surface area contributed by atoms with Crippen LogP contribution in [-0.2, 0) is 0 Å². The topological polar surface area (TPSA) is 55.1 Å². The van der Waals surface area contributed by atoms with Gasteiger partial charge in [0.15, 0.2) is 0 Å². The van der Waals surface area contributed by atoms with Gasteiger partial charge in [-0.2, -0.15) is 0 Å². The van der Waals surface area contributed by atoms with Crippen molar-refractivity contribution in [2.24, 2.45) is 0 Å². The fraction of sp³-hybridized carbons (Fsp3) is 0. The Morgan fingerprint density at radius 1 is 1.33 bits per heavy atom. The number of nitrogens with two attached hydrogens (primary N) is 1.